The molecule has 1 N–H and O–H groups in total. The lowest BCUT2D eigenvalue weighted by Gasteiger charge is -2.26. The fourth-order valence-electron chi connectivity index (χ4n) is 3.55. The van der Waals surface area contributed by atoms with Crippen molar-refractivity contribution in [2.45, 2.75) is 13.0 Å². The number of nitrogens with zero attached hydrogens (tertiary/aromatic N) is 1. The van der Waals surface area contributed by atoms with E-state index >= 15 is 0 Å². The van der Waals surface area contributed by atoms with Crippen molar-refractivity contribution in [3.63, 3.8) is 0 Å². The normalized spacial score (nSPS) is 15.0. The second-order valence-electron chi connectivity index (χ2n) is 6.64. The Labute approximate surface area is 152 Å². The number of benzene rings is 2. The third-order valence-corrected chi connectivity index (χ3v) is 4.95. The molecule has 3 aromatic rings. The van der Waals surface area contributed by atoms with Crippen LogP contribution in [0.2, 0.25) is 0 Å². The lowest BCUT2D eigenvalue weighted by molar-refractivity contribution is 0.294. The number of hydrogen-bond donors (Lipinski definition) is 1. The second kappa shape index (κ2) is 7.18. The van der Waals surface area contributed by atoms with E-state index in [-0.39, 0.29) is 5.56 Å². The summed E-state index contributed by atoms with van der Waals surface area (Å²) in [5.74, 6) is 0.692. The summed E-state index contributed by atoms with van der Waals surface area (Å²) in [4.78, 5) is 18.0. The molecule has 1 aromatic heterocycles. The number of hydrogen-bond acceptors (Lipinski definition) is 3. The maximum Gasteiger partial charge on any atom is 0.256 e. The standard InChI is InChI=1S/C22H22N2O2/c1-26-20-9-5-8-18-14-19(22(25)23-21(18)20)17-10-12-24(13-11-17)15-16-6-3-2-4-7-16/h2-10,14H,11-13,15H2,1H3,(H,23,25). The van der Waals surface area contributed by atoms with E-state index in [2.05, 4.69) is 40.2 Å². The van der Waals surface area contributed by atoms with Gasteiger partial charge >= 0.3 is 0 Å². The summed E-state index contributed by atoms with van der Waals surface area (Å²) < 4.78 is 5.35. The largest absolute Gasteiger partial charge is 0.495 e. The first-order chi connectivity index (χ1) is 12.7. The maximum atomic E-state index is 12.6. The molecule has 0 amide bonds. The van der Waals surface area contributed by atoms with Gasteiger partial charge in [0, 0.05) is 30.6 Å². The van der Waals surface area contributed by atoms with Gasteiger partial charge in [0.25, 0.3) is 5.56 Å². The third-order valence-electron chi connectivity index (χ3n) is 4.95. The van der Waals surface area contributed by atoms with Gasteiger partial charge in [0.15, 0.2) is 0 Å². The Hall–Kier alpha value is -2.85. The average molecular weight is 346 g/mol. The minimum atomic E-state index is -0.0511. The molecule has 2 heterocycles. The molecule has 0 atom stereocenters. The molecule has 0 fully saturated rings. The monoisotopic (exact) mass is 346 g/mol. The number of aromatic nitrogens is 1. The molecule has 0 radical (unpaired) electrons. The number of nitrogens with one attached hydrogen (secondary N) is 1. The van der Waals surface area contributed by atoms with Crippen LogP contribution in [0.4, 0.5) is 0 Å². The minimum absolute atomic E-state index is 0.0511. The van der Waals surface area contributed by atoms with E-state index in [1.54, 1.807) is 7.11 Å². The third kappa shape index (κ3) is 3.28. The lowest BCUT2D eigenvalue weighted by Crippen LogP contribution is -2.29. The molecule has 0 aliphatic carbocycles. The van der Waals surface area contributed by atoms with E-state index in [0.717, 1.165) is 48.1 Å². The van der Waals surface area contributed by atoms with Gasteiger partial charge in [0.05, 0.1) is 12.6 Å². The number of H-pyrrole nitrogens is 1. The number of ether oxygens (including phenoxy) is 1. The number of aromatic amines is 1. The van der Waals surface area contributed by atoms with Crippen molar-refractivity contribution in [1.29, 1.82) is 0 Å². The molecule has 0 saturated heterocycles. The van der Waals surface area contributed by atoms with Gasteiger partial charge in [-0.25, -0.2) is 0 Å². The van der Waals surface area contributed by atoms with Crippen LogP contribution in [0, 0.1) is 0 Å². The van der Waals surface area contributed by atoms with E-state index in [4.69, 9.17) is 4.74 Å². The molecule has 26 heavy (non-hydrogen) atoms. The van der Waals surface area contributed by atoms with E-state index in [9.17, 15) is 4.79 Å². The first-order valence-electron chi connectivity index (χ1n) is 8.90. The highest BCUT2D eigenvalue weighted by molar-refractivity contribution is 5.87. The van der Waals surface area contributed by atoms with E-state index in [1.165, 1.54) is 5.56 Å². The van der Waals surface area contributed by atoms with Crippen LogP contribution in [0.1, 0.15) is 17.5 Å². The van der Waals surface area contributed by atoms with Gasteiger partial charge in [0.2, 0.25) is 0 Å². The fraction of sp³-hybridized carbons (Fsp3) is 0.227. The quantitative estimate of drug-likeness (QED) is 0.781. The molecule has 1 aliphatic heterocycles. The van der Waals surface area contributed by atoms with Crippen LogP contribution < -0.4 is 10.3 Å². The van der Waals surface area contributed by atoms with Gasteiger partial charge in [-0.05, 0) is 29.7 Å². The average Bonchev–Trinajstić information content (AvgIpc) is 2.68. The Balaban J connectivity index is 1.58. The molecule has 0 bridgehead atoms. The summed E-state index contributed by atoms with van der Waals surface area (Å²) in [5.41, 5.74) is 3.92. The first-order valence-corrected chi connectivity index (χ1v) is 8.90. The first kappa shape index (κ1) is 16.6. The highest BCUT2D eigenvalue weighted by Crippen LogP contribution is 2.26. The minimum Gasteiger partial charge on any atom is -0.495 e. The van der Waals surface area contributed by atoms with Gasteiger partial charge in [-0.1, -0.05) is 48.5 Å². The molecule has 0 spiro atoms. The van der Waals surface area contributed by atoms with Crippen LogP contribution in [0.15, 0.2) is 65.5 Å². The zero-order valence-electron chi connectivity index (χ0n) is 14.9. The van der Waals surface area contributed by atoms with Crippen LogP contribution in [0.5, 0.6) is 5.75 Å². The Kier molecular flexibility index (Phi) is 4.59. The van der Waals surface area contributed by atoms with Crippen LogP contribution >= 0.6 is 0 Å². The van der Waals surface area contributed by atoms with Gasteiger partial charge in [0.1, 0.15) is 5.75 Å². The molecule has 1 aliphatic rings. The number of para-hydroxylation sites is 1. The van der Waals surface area contributed by atoms with Crippen LogP contribution in [0.25, 0.3) is 16.5 Å². The Morgan fingerprint density at radius 1 is 1.12 bits per heavy atom. The van der Waals surface area contributed by atoms with Crippen molar-refractivity contribution in [2.24, 2.45) is 0 Å². The van der Waals surface area contributed by atoms with Crippen LogP contribution in [0.3, 0.4) is 0 Å². The molecular formula is C22H22N2O2. The summed E-state index contributed by atoms with van der Waals surface area (Å²) in [5, 5.41) is 0.992. The van der Waals surface area contributed by atoms with Crippen molar-refractivity contribution in [2.75, 3.05) is 20.2 Å². The zero-order valence-corrected chi connectivity index (χ0v) is 14.9. The summed E-state index contributed by atoms with van der Waals surface area (Å²) in [6.07, 6.45) is 3.06. The highest BCUT2D eigenvalue weighted by atomic mass is 16.5. The van der Waals surface area contributed by atoms with Crippen molar-refractivity contribution in [1.82, 2.24) is 9.88 Å². The van der Waals surface area contributed by atoms with Crippen LogP contribution in [-0.2, 0) is 6.54 Å². The van der Waals surface area contributed by atoms with E-state index < -0.39 is 0 Å². The summed E-state index contributed by atoms with van der Waals surface area (Å²) in [6.45, 7) is 2.76. The maximum absolute atomic E-state index is 12.6. The number of methoxy groups -OCH3 is 1. The van der Waals surface area contributed by atoms with E-state index in [0.29, 0.717) is 5.75 Å². The smallest absolute Gasteiger partial charge is 0.256 e. The van der Waals surface area contributed by atoms with Crippen molar-refractivity contribution in [3.8, 4) is 5.75 Å². The molecule has 4 rings (SSSR count). The predicted molar refractivity (Wildman–Crippen MR) is 105 cm³/mol. The Morgan fingerprint density at radius 3 is 2.69 bits per heavy atom. The van der Waals surface area contributed by atoms with E-state index in [1.807, 2.05) is 30.3 Å². The van der Waals surface area contributed by atoms with Crippen LogP contribution in [-0.4, -0.2) is 30.1 Å². The fourth-order valence-corrected chi connectivity index (χ4v) is 3.55. The summed E-state index contributed by atoms with van der Waals surface area (Å²) in [6, 6.07) is 18.3. The van der Waals surface area contributed by atoms with Gasteiger partial charge in [-0.2, -0.15) is 0 Å². The molecule has 0 saturated carbocycles. The Morgan fingerprint density at radius 2 is 1.96 bits per heavy atom. The number of rotatable bonds is 4. The number of fused-ring (bicyclic) bond motifs is 1. The molecule has 0 unspecified atom stereocenters. The highest BCUT2D eigenvalue weighted by Gasteiger charge is 2.16. The van der Waals surface area contributed by atoms with Gasteiger partial charge < -0.3 is 9.72 Å². The topological polar surface area (TPSA) is 45.3 Å². The van der Waals surface area contributed by atoms with Gasteiger partial charge in [-0.15, -0.1) is 0 Å². The van der Waals surface area contributed by atoms with Crippen molar-refractivity contribution >= 4 is 16.5 Å². The number of pyridine rings is 1. The molecule has 4 heteroatoms. The van der Waals surface area contributed by atoms with Crippen molar-refractivity contribution in [3.05, 3.63) is 82.2 Å². The lowest BCUT2D eigenvalue weighted by atomic mass is 9.99. The zero-order chi connectivity index (χ0) is 17.9. The molecule has 132 valence electrons. The van der Waals surface area contributed by atoms with Crippen molar-refractivity contribution < 1.29 is 4.74 Å². The SMILES string of the molecule is COc1cccc2cc(C3=CCN(Cc4ccccc4)CC3)c(=O)[nH]c12. The Bertz CT molecular complexity index is 1010. The second-order valence-corrected chi connectivity index (χ2v) is 6.64. The molecule has 4 nitrogen and oxygen atoms in total. The molecular weight excluding hydrogens is 324 g/mol. The summed E-state index contributed by atoms with van der Waals surface area (Å²) >= 11 is 0. The predicted octanol–water partition coefficient (Wildman–Crippen LogP) is 3.83. The summed E-state index contributed by atoms with van der Waals surface area (Å²) in [7, 11) is 1.62. The molecule has 2 aromatic carbocycles. The van der Waals surface area contributed by atoms with Gasteiger partial charge in [-0.3, -0.25) is 9.69 Å².